The predicted molar refractivity (Wildman–Crippen MR) is 148 cm³/mol. The van der Waals surface area contributed by atoms with Crippen LogP contribution in [-0.2, 0) is 9.53 Å². The second-order valence-corrected chi connectivity index (χ2v) is 10.6. The summed E-state index contributed by atoms with van der Waals surface area (Å²) in [6.07, 6.45) is 7.72. The number of amides is 2. The Morgan fingerprint density at radius 1 is 1.24 bits per heavy atom. The molecule has 2 aliphatic rings. The number of aromatic nitrogens is 2. The van der Waals surface area contributed by atoms with Gasteiger partial charge in [-0.05, 0) is 58.7 Å². The molecule has 3 aromatic rings. The summed E-state index contributed by atoms with van der Waals surface area (Å²) in [5.41, 5.74) is 5.11. The standard InChI is InChI=1S/C28H33N5O3S/c1-5-32(21-6-9-36-10-7-21)28-19(4)23(14-22-13-20(16-33(22)28)27-29-8-11-37-27)25(34)30-15-24-17(2)12-18(3)31-26(24)35/h8,11-14,16,21,24H,5-7,9-10,15H2,1-4H3,(H,30,34). The van der Waals surface area contributed by atoms with Gasteiger partial charge in [0.05, 0.1) is 5.92 Å². The van der Waals surface area contributed by atoms with Crippen LogP contribution in [-0.4, -0.2) is 59.3 Å². The lowest BCUT2D eigenvalue weighted by Gasteiger charge is -2.37. The maximum absolute atomic E-state index is 13.6. The first-order valence-electron chi connectivity index (χ1n) is 12.8. The van der Waals surface area contributed by atoms with Gasteiger partial charge in [0.2, 0.25) is 0 Å². The first kappa shape index (κ1) is 25.4. The Bertz CT molecular complexity index is 1380. The average Bonchev–Trinajstić information content (AvgIpc) is 3.55. The molecule has 0 aromatic carbocycles. The molecule has 0 spiro atoms. The summed E-state index contributed by atoms with van der Waals surface area (Å²) in [7, 11) is 0. The zero-order chi connectivity index (χ0) is 26.1. The van der Waals surface area contributed by atoms with E-state index in [1.54, 1.807) is 11.3 Å². The fraction of sp³-hybridized carbons (Fsp3) is 0.429. The highest BCUT2D eigenvalue weighted by molar-refractivity contribution is 7.13. The van der Waals surface area contributed by atoms with Crippen LogP contribution in [0.1, 0.15) is 49.5 Å². The maximum Gasteiger partial charge on any atom is 0.254 e. The molecule has 1 saturated heterocycles. The van der Waals surface area contributed by atoms with Gasteiger partial charge in [-0.1, -0.05) is 5.57 Å². The number of pyridine rings is 1. The number of aliphatic imine (C=N–C) groups is 1. The average molecular weight is 520 g/mol. The summed E-state index contributed by atoms with van der Waals surface area (Å²) in [5.74, 6) is 0.190. The van der Waals surface area contributed by atoms with Crippen molar-refractivity contribution in [1.82, 2.24) is 14.7 Å². The number of hydrogen-bond donors (Lipinski definition) is 1. The van der Waals surface area contributed by atoms with Gasteiger partial charge >= 0.3 is 0 Å². The Morgan fingerprint density at radius 2 is 2.03 bits per heavy atom. The van der Waals surface area contributed by atoms with Gasteiger partial charge in [0.25, 0.3) is 11.8 Å². The monoisotopic (exact) mass is 519 g/mol. The topological polar surface area (TPSA) is 88.3 Å². The Hall–Kier alpha value is -3.30. The molecular weight excluding hydrogens is 486 g/mol. The highest BCUT2D eigenvalue weighted by Gasteiger charge is 2.28. The van der Waals surface area contributed by atoms with Crippen molar-refractivity contribution in [2.24, 2.45) is 10.9 Å². The zero-order valence-electron chi connectivity index (χ0n) is 21.8. The van der Waals surface area contributed by atoms with Gasteiger partial charge in [-0.2, -0.15) is 0 Å². The molecule has 5 heterocycles. The lowest BCUT2D eigenvalue weighted by atomic mass is 9.95. The smallest absolute Gasteiger partial charge is 0.254 e. The minimum atomic E-state index is -0.435. The number of nitrogens with one attached hydrogen (secondary N) is 1. The Kier molecular flexibility index (Phi) is 7.26. The predicted octanol–water partition coefficient (Wildman–Crippen LogP) is 4.67. The normalized spacial score (nSPS) is 18.6. The van der Waals surface area contributed by atoms with Gasteiger partial charge in [0, 0.05) is 78.0 Å². The van der Waals surface area contributed by atoms with Crippen molar-refractivity contribution in [3.63, 3.8) is 0 Å². The fourth-order valence-electron chi connectivity index (χ4n) is 5.43. The van der Waals surface area contributed by atoms with Crippen LogP contribution >= 0.6 is 11.3 Å². The molecule has 0 aliphatic carbocycles. The number of anilines is 1. The van der Waals surface area contributed by atoms with Crippen LogP contribution in [0.4, 0.5) is 5.82 Å². The minimum Gasteiger partial charge on any atom is -0.381 e. The summed E-state index contributed by atoms with van der Waals surface area (Å²) >= 11 is 1.60. The van der Waals surface area contributed by atoms with Crippen LogP contribution in [0.25, 0.3) is 16.1 Å². The number of fused-ring (bicyclic) bond motifs is 1. The number of hydrogen-bond acceptors (Lipinski definition) is 6. The number of ether oxygens (including phenoxy) is 1. The van der Waals surface area contributed by atoms with E-state index in [0.717, 1.165) is 65.6 Å². The summed E-state index contributed by atoms with van der Waals surface area (Å²) in [4.78, 5) is 37.0. The molecule has 3 aromatic heterocycles. The van der Waals surface area contributed by atoms with Crippen molar-refractivity contribution in [3.05, 3.63) is 52.7 Å². The number of carbonyl (C=O) groups is 2. The van der Waals surface area contributed by atoms with Crippen LogP contribution in [0.5, 0.6) is 0 Å². The molecule has 1 N–H and O–H groups in total. The Balaban J connectivity index is 1.53. The number of nitrogens with zero attached hydrogens (tertiary/aromatic N) is 4. The molecule has 8 nitrogen and oxygen atoms in total. The van der Waals surface area contributed by atoms with Gasteiger partial charge in [-0.15, -0.1) is 11.3 Å². The molecule has 1 fully saturated rings. The molecule has 0 radical (unpaired) electrons. The molecule has 0 saturated carbocycles. The quantitative estimate of drug-likeness (QED) is 0.490. The van der Waals surface area contributed by atoms with E-state index in [2.05, 4.69) is 43.8 Å². The van der Waals surface area contributed by atoms with E-state index in [0.29, 0.717) is 17.3 Å². The third-order valence-corrected chi connectivity index (χ3v) is 8.14. The van der Waals surface area contributed by atoms with Crippen LogP contribution in [0.2, 0.25) is 0 Å². The molecule has 37 heavy (non-hydrogen) atoms. The molecule has 194 valence electrons. The number of dihydropyridines is 1. The van der Waals surface area contributed by atoms with Crippen molar-refractivity contribution in [1.29, 1.82) is 0 Å². The number of thiazole rings is 1. The lowest BCUT2D eigenvalue weighted by molar-refractivity contribution is -0.120. The molecule has 2 aliphatic heterocycles. The molecule has 0 bridgehead atoms. The van der Waals surface area contributed by atoms with Crippen LogP contribution in [0.3, 0.4) is 0 Å². The largest absolute Gasteiger partial charge is 0.381 e. The SMILES string of the molecule is CCN(c1c(C)c(C(=O)NCC2C(=O)N=C(C)C=C2C)cc2cc(-c3nccs3)cn12)C1CCOCC1. The van der Waals surface area contributed by atoms with E-state index in [9.17, 15) is 9.59 Å². The van der Waals surface area contributed by atoms with E-state index in [-0.39, 0.29) is 18.4 Å². The first-order chi connectivity index (χ1) is 17.9. The second-order valence-electron chi connectivity index (χ2n) is 9.74. The molecule has 2 amide bonds. The minimum absolute atomic E-state index is 0.187. The highest BCUT2D eigenvalue weighted by atomic mass is 32.1. The lowest BCUT2D eigenvalue weighted by Crippen LogP contribution is -2.41. The van der Waals surface area contributed by atoms with Crippen molar-refractivity contribution in [3.8, 4) is 10.6 Å². The van der Waals surface area contributed by atoms with Gasteiger partial charge in [-0.25, -0.2) is 9.98 Å². The summed E-state index contributed by atoms with van der Waals surface area (Å²) in [6.45, 7) is 10.4. The Morgan fingerprint density at radius 3 is 2.70 bits per heavy atom. The van der Waals surface area contributed by atoms with Gasteiger partial charge in [-0.3, -0.25) is 9.59 Å². The summed E-state index contributed by atoms with van der Waals surface area (Å²) in [6, 6.07) is 4.36. The summed E-state index contributed by atoms with van der Waals surface area (Å²) < 4.78 is 7.82. The van der Waals surface area contributed by atoms with Crippen LogP contribution < -0.4 is 10.2 Å². The molecule has 5 rings (SSSR count). The van der Waals surface area contributed by atoms with Crippen molar-refractivity contribution < 1.29 is 14.3 Å². The van der Waals surface area contributed by atoms with E-state index in [4.69, 9.17) is 4.74 Å². The third-order valence-electron chi connectivity index (χ3n) is 7.32. The highest BCUT2D eigenvalue weighted by Crippen LogP contribution is 2.34. The number of carbonyl (C=O) groups excluding carboxylic acids is 2. The molecule has 9 heteroatoms. The molecular formula is C28H33N5O3S. The van der Waals surface area contributed by atoms with Crippen LogP contribution in [0.15, 0.2) is 46.5 Å². The maximum atomic E-state index is 13.6. The van der Waals surface area contributed by atoms with Gasteiger partial charge in [0.15, 0.2) is 0 Å². The van der Waals surface area contributed by atoms with E-state index in [1.165, 1.54) is 0 Å². The van der Waals surface area contributed by atoms with Crippen molar-refractivity contribution in [2.75, 3.05) is 31.2 Å². The van der Waals surface area contributed by atoms with Crippen LogP contribution in [0, 0.1) is 12.8 Å². The van der Waals surface area contributed by atoms with Crippen molar-refractivity contribution in [2.45, 2.75) is 46.6 Å². The van der Waals surface area contributed by atoms with E-state index < -0.39 is 5.92 Å². The second kappa shape index (κ2) is 10.6. The van der Waals surface area contributed by atoms with Gasteiger partial charge in [0.1, 0.15) is 10.8 Å². The van der Waals surface area contributed by atoms with Crippen molar-refractivity contribution >= 4 is 40.2 Å². The first-order valence-corrected chi connectivity index (χ1v) is 13.7. The van der Waals surface area contributed by atoms with E-state index >= 15 is 0 Å². The third kappa shape index (κ3) is 4.98. The molecule has 1 unspecified atom stereocenters. The Labute approximate surface area is 221 Å². The number of rotatable bonds is 7. The summed E-state index contributed by atoms with van der Waals surface area (Å²) in [5, 5.41) is 5.94. The van der Waals surface area contributed by atoms with E-state index in [1.807, 2.05) is 44.5 Å². The number of allylic oxidation sites excluding steroid dienone is 1. The van der Waals surface area contributed by atoms with Gasteiger partial charge < -0.3 is 19.4 Å². The molecule has 1 atom stereocenters. The fourth-order valence-corrected chi connectivity index (χ4v) is 6.05. The zero-order valence-corrected chi connectivity index (χ0v) is 22.6.